The van der Waals surface area contributed by atoms with Gasteiger partial charge in [-0.25, -0.2) is 0 Å². The number of para-hydroxylation sites is 1. The average Bonchev–Trinajstić information content (AvgIpc) is 2.64. The van der Waals surface area contributed by atoms with Gasteiger partial charge in [0.25, 0.3) is 5.91 Å². The summed E-state index contributed by atoms with van der Waals surface area (Å²) in [4.78, 5) is 25.0. The first-order valence-corrected chi connectivity index (χ1v) is 9.30. The first-order valence-electron chi connectivity index (χ1n) is 9.30. The molecule has 1 atom stereocenters. The first kappa shape index (κ1) is 22.0. The van der Waals surface area contributed by atoms with Crippen molar-refractivity contribution in [1.82, 2.24) is 10.6 Å². The Kier molecular flexibility index (Phi) is 10.4. The molecule has 0 aliphatic carbocycles. The highest BCUT2D eigenvalue weighted by Gasteiger charge is 2.25. The van der Waals surface area contributed by atoms with Crippen molar-refractivity contribution < 1.29 is 19.1 Å². The maximum Gasteiger partial charge on any atom is 0.255 e. The lowest BCUT2D eigenvalue weighted by Gasteiger charge is -2.22. The molecule has 1 aromatic carbocycles. The number of nitrogens with one attached hydrogen (secondary N) is 2. The van der Waals surface area contributed by atoms with Gasteiger partial charge in [0.05, 0.1) is 12.7 Å². The Labute approximate surface area is 156 Å². The number of unbranched alkanes of at least 4 members (excludes halogenated alkanes) is 1. The molecule has 1 rings (SSSR count). The number of hydrogen-bond acceptors (Lipinski definition) is 4. The minimum atomic E-state index is -0.603. The minimum Gasteiger partial charge on any atom is -0.496 e. The van der Waals surface area contributed by atoms with E-state index in [4.69, 9.17) is 9.47 Å². The predicted octanol–water partition coefficient (Wildman–Crippen LogP) is 2.77. The van der Waals surface area contributed by atoms with Crippen molar-refractivity contribution in [1.29, 1.82) is 0 Å². The van der Waals surface area contributed by atoms with E-state index >= 15 is 0 Å². The Morgan fingerprint density at radius 1 is 1.12 bits per heavy atom. The van der Waals surface area contributed by atoms with E-state index in [1.54, 1.807) is 24.3 Å². The fourth-order valence-electron chi connectivity index (χ4n) is 2.43. The van der Waals surface area contributed by atoms with Crippen molar-refractivity contribution in [2.45, 2.75) is 46.1 Å². The standard InChI is InChI=1S/C20H32N2O4/c1-5-6-13-26-14-9-12-21-20(24)18(15(2)3)22-19(23)16-10-7-8-11-17(16)25-4/h7-8,10-11,15,18H,5-6,9,12-14H2,1-4H3,(H,21,24)(H,22,23)/t18-/m0/s1. The number of amides is 2. The van der Waals surface area contributed by atoms with Crippen LogP contribution in [0.3, 0.4) is 0 Å². The fraction of sp³-hybridized carbons (Fsp3) is 0.600. The molecule has 146 valence electrons. The van der Waals surface area contributed by atoms with Gasteiger partial charge >= 0.3 is 0 Å². The van der Waals surface area contributed by atoms with Crippen molar-refractivity contribution in [3.05, 3.63) is 29.8 Å². The van der Waals surface area contributed by atoms with E-state index in [-0.39, 0.29) is 17.7 Å². The van der Waals surface area contributed by atoms with E-state index in [1.165, 1.54) is 7.11 Å². The van der Waals surface area contributed by atoms with E-state index in [9.17, 15) is 9.59 Å². The molecule has 0 fully saturated rings. The van der Waals surface area contributed by atoms with Gasteiger partial charge in [0.2, 0.25) is 5.91 Å². The van der Waals surface area contributed by atoms with Gasteiger partial charge in [-0.3, -0.25) is 9.59 Å². The van der Waals surface area contributed by atoms with Crippen LogP contribution in [0.1, 0.15) is 50.4 Å². The average molecular weight is 364 g/mol. The van der Waals surface area contributed by atoms with Crippen LogP contribution in [0.15, 0.2) is 24.3 Å². The highest BCUT2D eigenvalue weighted by Crippen LogP contribution is 2.17. The summed E-state index contributed by atoms with van der Waals surface area (Å²) in [5, 5.41) is 5.69. The maximum absolute atomic E-state index is 12.5. The number of carbonyl (C=O) groups is 2. The smallest absolute Gasteiger partial charge is 0.255 e. The zero-order valence-corrected chi connectivity index (χ0v) is 16.3. The molecule has 0 saturated heterocycles. The molecule has 0 bridgehead atoms. The second-order valence-electron chi connectivity index (χ2n) is 6.51. The Morgan fingerprint density at radius 3 is 2.46 bits per heavy atom. The van der Waals surface area contributed by atoms with Gasteiger partial charge in [-0.2, -0.15) is 0 Å². The normalized spacial score (nSPS) is 11.9. The summed E-state index contributed by atoms with van der Waals surface area (Å²) in [6.07, 6.45) is 2.91. The molecule has 0 heterocycles. The lowest BCUT2D eigenvalue weighted by Crippen LogP contribution is -2.50. The van der Waals surface area contributed by atoms with Gasteiger partial charge in [-0.05, 0) is 30.9 Å². The van der Waals surface area contributed by atoms with Crippen LogP contribution in [0.4, 0.5) is 0 Å². The number of hydrogen-bond donors (Lipinski definition) is 2. The third kappa shape index (κ3) is 7.44. The summed E-state index contributed by atoms with van der Waals surface area (Å²) < 4.78 is 10.7. The topological polar surface area (TPSA) is 76.7 Å². The van der Waals surface area contributed by atoms with Gasteiger partial charge in [-0.1, -0.05) is 39.3 Å². The predicted molar refractivity (Wildman–Crippen MR) is 102 cm³/mol. The zero-order chi connectivity index (χ0) is 19.4. The molecule has 0 unspecified atom stereocenters. The molecule has 0 saturated carbocycles. The third-order valence-corrected chi connectivity index (χ3v) is 3.99. The molecule has 0 radical (unpaired) electrons. The lowest BCUT2D eigenvalue weighted by molar-refractivity contribution is -0.124. The second kappa shape index (κ2) is 12.3. The van der Waals surface area contributed by atoms with Crippen molar-refractivity contribution >= 4 is 11.8 Å². The lowest BCUT2D eigenvalue weighted by atomic mass is 10.0. The largest absolute Gasteiger partial charge is 0.496 e. The van der Waals surface area contributed by atoms with Crippen molar-refractivity contribution in [3.63, 3.8) is 0 Å². The molecule has 2 N–H and O–H groups in total. The number of ether oxygens (including phenoxy) is 2. The Bertz CT molecular complexity index is 560. The van der Waals surface area contributed by atoms with E-state index in [2.05, 4.69) is 17.6 Å². The Morgan fingerprint density at radius 2 is 1.81 bits per heavy atom. The first-order chi connectivity index (χ1) is 12.5. The van der Waals surface area contributed by atoms with E-state index < -0.39 is 6.04 Å². The van der Waals surface area contributed by atoms with Crippen LogP contribution in [0.5, 0.6) is 5.75 Å². The Hall–Kier alpha value is -2.08. The molecule has 2 amide bonds. The second-order valence-corrected chi connectivity index (χ2v) is 6.51. The fourth-order valence-corrected chi connectivity index (χ4v) is 2.43. The SMILES string of the molecule is CCCCOCCCNC(=O)[C@@H](NC(=O)c1ccccc1OC)C(C)C. The number of carbonyl (C=O) groups excluding carboxylic acids is 2. The summed E-state index contributed by atoms with van der Waals surface area (Å²) in [5.74, 6) is -0.0531. The van der Waals surface area contributed by atoms with Crippen molar-refractivity contribution in [2.24, 2.45) is 5.92 Å². The summed E-state index contributed by atoms with van der Waals surface area (Å²) in [6, 6.07) is 6.36. The molecular formula is C20H32N2O4. The van der Waals surface area contributed by atoms with Crippen LogP contribution >= 0.6 is 0 Å². The summed E-state index contributed by atoms with van der Waals surface area (Å²) in [5.41, 5.74) is 0.415. The van der Waals surface area contributed by atoms with E-state index in [1.807, 2.05) is 13.8 Å². The van der Waals surface area contributed by atoms with Crippen molar-refractivity contribution in [2.75, 3.05) is 26.9 Å². The number of methoxy groups -OCH3 is 1. The monoisotopic (exact) mass is 364 g/mol. The number of rotatable bonds is 12. The van der Waals surface area contributed by atoms with Crippen LogP contribution < -0.4 is 15.4 Å². The highest BCUT2D eigenvalue weighted by atomic mass is 16.5. The summed E-state index contributed by atoms with van der Waals surface area (Å²) >= 11 is 0. The van der Waals surface area contributed by atoms with Gasteiger partial charge in [-0.15, -0.1) is 0 Å². The maximum atomic E-state index is 12.5. The summed E-state index contributed by atoms with van der Waals surface area (Å²) in [7, 11) is 1.52. The third-order valence-electron chi connectivity index (χ3n) is 3.99. The van der Waals surface area contributed by atoms with Crippen molar-refractivity contribution in [3.8, 4) is 5.75 Å². The quantitative estimate of drug-likeness (QED) is 0.559. The van der Waals surface area contributed by atoms with Crippen LogP contribution in [0.25, 0.3) is 0 Å². The molecule has 0 aromatic heterocycles. The van der Waals surface area contributed by atoms with Gasteiger partial charge in [0.1, 0.15) is 11.8 Å². The molecule has 6 heteroatoms. The zero-order valence-electron chi connectivity index (χ0n) is 16.3. The van der Waals surface area contributed by atoms with Crippen LogP contribution in [0, 0.1) is 5.92 Å². The van der Waals surface area contributed by atoms with Crippen LogP contribution in [0.2, 0.25) is 0 Å². The van der Waals surface area contributed by atoms with Gasteiger partial charge in [0.15, 0.2) is 0 Å². The summed E-state index contributed by atoms with van der Waals surface area (Å²) in [6.45, 7) is 7.84. The van der Waals surface area contributed by atoms with E-state index in [0.717, 1.165) is 25.9 Å². The number of benzene rings is 1. The molecular weight excluding hydrogens is 332 g/mol. The Balaban J connectivity index is 2.52. The van der Waals surface area contributed by atoms with E-state index in [0.29, 0.717) is 24.5 Å². The molecule has 0 aliphatic heterocycles. The van der Waals surface area contributed by atoms with Gasteiger partial charge in [0, 0.05) is 19.8 Å². The molecule has 1 aromatic rings. The molecule has 26 heavy (non-hydrogen) atoms. The molecule has 6 nitrogen and oxygen atoms in total. The molecule has 0 spiro atoms. The molecule has 0 aliphatic rings. The minimum absolute atomic E-state index is 0.0329. The van der Waals surface area contributed by atoms with Crippen LogP contribution in [-0.4, -0.2) is 44.7 Å². The van der Waals surface area contributed by atoms with Crippen LogP contribution in [-0.2, 0) is 9.53 Å². The highest BCUT2D eigenvalue weighted by molar-refractivity contribution is 5.99. The van der Waals surface area contributed by atoms with Gasteiger partial charge < -0.3 is 20.1 Å².